The maximum absolute atomic E-state index is 15.1. The number of fused-ring (bicyclic) bond motifs is 8. The van der Waals surface area contributed by atoms with E-state index in [-0.39, 0.29) is 100 Å². The van der Waals surface area contributed by atoms with E-state index in [1.807, 2.05) is 47.6 Å². The number of hydrogen-bond donors (Lipinski definition) is 2. The number of hydrogen-bond acceptors (Lipinski definition) is 20. The van der Waals surface area contributed by atoms with Crippen LogP contribution in [0.15, 0.2) is 115 Å². The Hall–Kier alpha value is -10.8. The number of nitrogens with one attached hydrogen (secondary N) is 2. The summed E-state index contributed by atoms with van der Waals surface area (Å²) in [5, 5.41) is 0. The van der Waals surface area contributed by atoms with E-state index in [4.69, 9.17) is 66.8 Å². The lowest BCUT2D eigenvalue weighted by molar-refractivity contribution is -0.253. The van der Waals surface area contributed by atoms with Crippen molar-refractivity contribution in [2.24, 2.45) is 35.5 Å². The van der Waals surface area contributed by atoms with Gasteiger partial charge in [-0.3, -0.25) is 28.8 Å². The monoisotopic (exact) mass is 1520 g/mol. The Labute approximate surface area is 628 Å². The number of benzene rings is 4. The van der Waals surface area contributed by atoms with Crippen LogP contribution in [-0.4, -0.2) is 131 Å². The average molecular weight is 1530 g/mol. The van der Waals surface area contributed by atoms with Crippen molar-refractivity contribution >= 4 is 82.2 Å². The summed E-state index contributed by atoms with van der Waals surface area (Å²) in [7, 11) is 0. The topological polar surface area (TPSA) is 271 Å². The van der Waals surface area contributed by atoms with Crippen LogP contribution >= 0.6 is 0 Å². The second kappa shape index (κ2) is 32.4. The molecule has 0 saturated carbocycles. The van der Waals surface area contributed by atoms with Gasteiger partial charge in [0.1, 0.15) is 37.1 Å². The molecule has 28 heteroatoms. The van der Waals surface area contributed by atoms with Gasteiger partial charge in [-0.1, -0.05) is 77.9 Å². The number of alkyl halides is 6. The number of carbonyl (C=O) groups is 6. The molecule has 7 aromatic rings. The summed E-state index contributed by atoms with van der Waals surface area (Å²) in [4.78, 5) is 92.0. The van der Waals surface area contributed by atoms with Crippen LogP contribution in [0.5, 0.6) is 17.2 Å². The molecule has 6 unspecified atom stereocenters. The van der Waals surface area contributed by atoms with Gasteiger partial charge < -0.3 is 66.8 Å². The highest BCUT2D eigenvalue weighted by atomic mass is 19.4. The van der Waals surface area contributed by atoms with Gasteiger partial charge in [-0.05, 0) is 143 Å². The standard InChI is InChI=1S/C82H82F6N4O18/c1-39-42(4)75(102-48(10)96)78(108-68(39)36-99-45(7)93)105-57-19-13-16-51(32-57)71-60-22-24-62(89-60)72(52-17-14-20-58(33-52)106-79-76(103-49(11)97)43(5)40(2)69(109-79)37-100-46(8)94)64-26-28-66(91-64)74(54-30-55(81(83,84)85)35-56(31-54)82(86,87)88)67-29-27-65(92-67)73(63-25-23-61(71)90-63)53-18-15-21-59(34-53)107-80-77(104-50(12)98)44(6)41(3)70(110-80)38-101-47(9)95/h13-35,39-44,68-70,75-80,89,92H,36-38H2,1-12H3/t39-,40-,41-,42+,43+,44+,68?,69?,70?,75?,76?,77?,78-,79-,80-/m1/s1. The van der Waals surface area contributed by atoms with Crippen molar-refractivity contribution in [3.8, 4) is 61.8 Å². The smallest absolute Gasteiger partial charge is 0.416 e. The van der Waals surface area contributed by atoms with Gasteiger partial charge in [0.2, 0.25) is 18.9 Å². The molecule has 22 nitrogen and oxygen atoms in total. The van der Waals surface area contributed by atoms with Gasteiger partial charge in [0.15, 0.2) is 18.3 Å². The van der Waals surface area contributed by atoms with E-state index in [9.17, 15) is 28.8 Å². The van der Waals surface area contributed by atoms with E-state index in [0.717, 1.165) is 0 Å². The molecule has 0 amide bonds. The first-order chi connectivity index (χ1) is 52.1. The van der Waals surface area contributed by atoms with Crippen molar-refractivity contribution in [1.82, 2.24) is 19.9 Å². The molecular weight excluding hydrogens is 1440 g/mol. The van der Waals surface area contributed by atoms with Crippen LogP contribution in [0.25, 0.3) is 90.9 Å². The maximum Gasteiger partial charge on any atom is 0.416 e. The Morgan fingerprint density at radius 2 is 0.636 bits per heavy atom. The van der Waals surface area contributed by atoms with Crippen molar-refractivity contribution < 1.29 is 112 Å². The Morgan fingerprint density at radius 3 is 0.891 bits per heavy atom. The predicted octanol–water partition coefficient (Wildman–Crippen LogP) is 16.0. The molecule has 3 aromatic heterocycles. The van der Waals surface area contributed by atoms with Crippen LogP contribution in [0.4, 0.5) is 26.3 Å². The maximum atomic E-state index is 15.1. The van der Waals surface area contributed by atoms with E-state index < -0.39 is 132 Å². The third-order valence-electron chi connectivity index (χ3n) is 20.5. The first-order valence-corrected chi connectivity index (χ1v) is 35.8. The molecule has 5 aliphatic rings. The molecular formula is C82H82F6N4O18. The SMILES string of the molecule is CC(=O)OCC1O[C@@H](Oc2cccc(-c3c4nc(c(-c5cccc(O[C@@H]6OC(COC(C)=O)[C@H](C)[C@H](C)C6OC(C)=O)c5)c5ccc([nH]5)c(-c5cc(C(F)(F)F)cc(C(F)(F)F)c5)c5nc(c(-c6cccc(O[C@@H]7OC(COC(C)=O)[C@H](C)[C@H](C)C7OC(C)=O)c6)c6ccc3[nH]6)C=C5)C=C4)c2)C(OC(C)=O)[C@@H](C)[C@H]1C. The summed E-state index contributed by atoms with van der Waals surface area (Å²) >= 11 is 0. The largest absolute Gasteiger partial charge is 0.463 e. The number of nitrogens with zero attached hydrogens (tertiary/aromatic N) is 2. The zero-order valence-electron chi connectivity index (χ0n) is 62.1. The normalized spacial score (nSPS) is 24.5. The molecule has 0 radical (unpaired) electrons. The molecule has 15 atom stereocenters. The van der Waals surface area contributed by atoms with Crippen molar-refractivity contribution in [3.05, 3.63) is 149 Å². The van der Waals surface area contributed by atoms with Crippen LogP contribution in [0, 0.1) is 35.5 Å². The van der Waals surface area contributed by atoms with Crippen molar-refractivity contribution in [2.75, 3.05) is 19.8 Å². The summed E-state index contributed by atoms with van der Waals surface area (Å²) in [6, 6.07) is 28.2. The molecule has 110 heavy (non-hydrogen) atoms. The predicted molar refractivity (Wildman–Crippen MR) is 390 cm³/mol. The average Bonchev–Trinajstić information content (AvgIpc) is 1.55. The fourth-order valence-corrected chi connectivity index (χ4v) is 14.4. The molecule has 5 aliphatic heterocycles. The number of ether oxygens (including phenoxy) is 12. The number of carbonyl (C=O) groups excluding carboxylic acids is 6. The Kier molecular flexibility index (Phi) is 23.2. The Morgan fingerprint density at radius 1 is 0.364 bits per heavy atom. The second-order valence-electron chi connectivity index (χ2n) is 28.1. The third-order valence-corrected chi connectivity index (χ3v) is 20.5. The summed E-state index contributed by atoms with van der Waals surface area (Å²) < 4.78 is 164. The van der Waals surface area contributed by atoms with E-state index in [0.29, 0.717) is 62.2 Å². The van der Waals surface area contributed by atoms with Crippen LogP contribution in [-0.2, 0) is 83.8 Å². The quantitative estimate of drug-likeness (QED) is 0.0432. The molecule has 0 aliphatic carbocycles. The van der Waals surface area contributed by atoms with Gasteiger partial charge in [0.25, 0.3) is 0 Å². The van der Waals surface area contributed by atoms with Crippen LogP contribution in [0.3, 0.4) is 0 Å². The first kappa shape index (κ1) is 78.7. The van der Waals surface area contributed by atoms with Gasteiger partial charge in [0.05, 0.1) is 52.2 Å². The van der Waals surface area contributed by atoms with Gasteiger partial charge in [-0.15, -0.1) is 0 Å². The fourth-order valence-electron chi connectivity index (χ4n) is 14.4. The molecule has 3 saturated heterocycles. The first-order valence-electron chi connectivity index (χ1n) is 35.8. The van der Waals surface area contributed by atoms with Gasteiger partial charge in [-0.2, -0.15) is 26.3 Å². The van der Waals surface area contributed by atoms with Crippen LogP contribution < -0.4 is 14.2 Å². The second-order valence-corrected chi connectivity index (χ2v) is 28.1. The van der Waals surface area contributed by atoms with E-state index >= 15 is 26.3 Å². The van der Waals surface area contributed by atoms with E-state index in [1.165, 1.54) is 53.7 Å². The summed E-state index contributed by atoms with van der Waals surface area (Å²) in [6.07, 6.45) is -12.8. The van der Waals surface area contributed by atoms with Crippen molar-refractivity contribution in [1.29, 1.82) is 0 Å². The minimum Gasteiger partial charge on any atom is -0.463 e. The number of halogens is 6. The van der Waals surface area contributed by atoms with Crippen LogP contribution in [0.1, 0.15) is 117 Å². The summed E-state index contributed by atoms with van der Waals surface area (Å²) in [5.74, 6) is -4.90. The molecule has 4 aromatic carbocycles. The lowest BCUT2D eigenvalue weighted by Crippen LogP contribution is -2.54. The minimum atomic E-state index is -5.27. The van der Waals surface area contributed by atoms with Gasteiger partial charge in [-0.25, -0.2) is 9.97 Å². The molecule has 580 valence electrons. The highest BCUT2D eigenvalue weighted by molar-refractivity contribution is 6.00. The molecule has 8 bridgehead atoms. The number of rotatable bonds is 19. The number of esters is 6. The fraction of sp³-hybridized carbons (Fsp3) is 0.390. The minimum absolute atomic E-state index is 0.00983. The lowest BCUT2D eigenvalue weighted by atomic mass is 9.83. The summed E-state index contributed by atoms with van der Waals surface area (Å²) in [6.45, 7) is 18.4. The van der Waals surface area contributed by atoms with Gasteiger partial charge in [0, 0.05) is 104 Å². The third kappa shape index (κ3) is 17.6. The van der Waals surface area contributed by atoms with Crippen molar-refractivity contribution in [3.63, 3.8) is 0 Å². The Bertz CT molecular complexity index is 4790. The number of H-pyrrole nitrogens is 2. The molecule has 0 spiro atoms. The molecule has 8 heterocycles. The molecule has 12 rings (SSSR count). The molecule has 2 N–H and O–H groups in total. The summed E-state index contributed by atoms with van der Waals surface area (Å²) in [5.41, 5.74) is 0.221. The Balaban J connectivity index is 1.11. The zero-order valence-corrected chi connectivity index (χ0v) is 62.1. The van der Waals surface area contributed by atoms with Crippen LogP contribution in [0.2, 0.25) is 0 Å². The zero-order chi connectivity index (χ0) is 78.9. The lowest BCUT2D eigenvalue weighted by Gasteiger charge is -2.43. The van der Waals surface area contributed by atoms with E-state index in [2.05, 4.69) is 9.97 Å². The van der Waals surface area contributed by atoms with Gasteiger partial charge >= 0.3 is 48.2 Å². The number of aromatic nitrogens is 4. The van der Waals surface area contributed by atoms with Crippen molar-refractivity contribution in [2.45, 2.75) is 151 Å². The molecule has 3 fully saturated rings. The van der Waals surface area contributed by atoms with E-state index in [1.54, 1.807) is 103 Å². The highest BCUT2D eigenvalue weighted by Crippen LogP contribution is 2.46. The highest BCUT2D eigenvalue weighted by Gasteiger charge is 2.49. The number of aromatic amines is 2.